The van der Waals surface area contributed by atoms with Gasteiger partial charge in [-0.3, -0.25) is 0 Å². The molecule has 1 fully saturated rings. The van der Waals surface area contributed by atoms with Crippen LogP contribution in [0.3, 0.4) is 0 Å². The van der Waals surface area contributed by atoms with E-state index in [2.05, 4.69) is 0 Å². The van der Waals surface area contributed by atoms with Crippen LogP contribution < -0.4 is 5.73 Å². The van der Waals surface area contributed by atoms with Crippen molar-refractivity contribution in [2.45, 2.75) is 50.4 Å². The summed E-state index contributed by atoms with van der Waals surface area (Å²) in [6.07, 6.45) is -0.524. The molecule has 3 N–H and O–H groups in total. The fourth-order valence-electron chi connectivity index (χ4n) is 2.98. The Morgan fingerprint density at radius 3 is 2.38 bits per heavy atom. The summed E-state index contributed by atoms with van der Waals surface area (Å²) in [6, 6.07) is 2.75. The van der Waals surface area contributed by atoms with Gasteiger partial charge in [0.1, 0.15) is 0 Å². The summed E-state index contributed by atoms with van der Waals surface area (Å²) in [6.45, 7) is 0. The highest BCUT2D eigenvalue weighted by Gasteiger charge is 2.36. The minimum absolute atomic E-state index is 0.0272. The summed E-state index contributed by atoms with van der Waals surface area (Å²) in [7, 11) is 0. The molecule has 0 heterocycles. The second kappa shape index (κ2) is 6.55. The molecule has 0 aromatic heterocycles. The van der Waals surface area contributed by atoms with Crippen LogP contribution in [0.15, 0.2) is 18.2 Å². The number of hydrogen-bond acceptors (Lipinski definition) is 2. The lowest BCUT2D eigenvalue weighted by Gasteiger charge is -2.31. The first kappa shape index (κ1) is 16.6. The number of aliphatic hydroxyl groups excluding tert-OH is 1. The van der Waals surface area contributed by atoms with Crippen molar-refractivity contribution >= 4 is 11.6 Å². The fourth-order valence-corrected chi connectivity index (χ4v) is 3.34. The van der Waals surface area contributed by atoms with Crippen LogP contribution in [-0.2, 0) is 6.18 Å². The molecule has 1 aromatic carbocycles. The smallest absolute Gasteiger partial charge is 0.391 e. The first-order valence-corrected chi connectivity index (χ1v) is 7.49. The predicted molar refractivity (Wildman–Crippen MR) is 76.0 cm³/mol. The van der Waals surface area contributed by atoms with Crippen LogP contribution in [0, 0.1) is 5.92 Å². The van der Waals surface area contributed by atoms with Crippen molar-refractivity contribution in [1.29, 1.82) is 0 Å². The molecule has 0 amide bonds. The second-order valence-corrected chi connectivity index (χ2v) is 6.00. The van der Waals surface area contributed by atoms with E-state index in [-0.39, 0.29) is 11.5 Å². The molecule has 0 aliphatic heterocycles. The van der Waals surface area contributed by atoms with Crippen LogP contribution in [0.2, 0.25) is 5.02 Å². The number of hydrogen-bond donors (Lipinski definition) is 2. The van der Waals surface area contributed by atoms with E-state index in [1.807, 2.05) is 0 Å². The maximum atomic E-state index is 12.9. The lowest BCUT2D eigenvalue weighted by Crippen LogP contribution is -2.34. The fraction of sp³-hybridized carbons (Fsp3) is 0.600. The van der Waals surface area contributed by atoms with Crippen LogP contribution in [-0.4, -0.2) is 11.2 Å². The van der Waals surface area contributed by atoms with Gasteiger partial charge in [0.25, 0.3) is 0 Å². The Balaban J connectivity index is 2.24. The Morgan fingerprint density at radius 2 is 1.81 bits per heavy atom. The Bertz CT molecular complexity index is 486. The third-order valence-corrected chi connectivity index (χ3v) is 4.62. The van der Waals surface area contributed by atoms with Crippen molar-refractivity contribution in [3.8, 4) is 0 Å². The molecule has 0 radical (unpaired) electrons. The highest BCUT2D eigenvalue weighted by Crippen LogP contribution is 2.39. The largest absolute Gasteiger partial charge is 0.417 e. The van der Waals surface area contributed by atoms with E-state index in [1.165, 1.54) is 12.1 Å². The molecule has 0 unspecified atom stereocenters. The maximum absolute atomic E-state index is 12.9. The van der Waals surface area contributed by atoms with Crippen molar-refractivity contribution in [2.75, 3.05) is 0 Å². The zero-order valence-corrected chi connectivity index (χ0v) is 12.3. The zero-order chi connectivity index (χ0) is 15.6. The molecule has 2 nitrogen and oxygen atoms in total. The van der Waals surface area contributed by atoms with Gasteiger partial charge in [-0.1, -0.05) is 43.0 Å². The van der Waals surface area contributed by atoms with Gasteiger partial charge in [-0.2, -0.15) is 13.2 Å². The Kier molecular flexibility index (Phi) is 5.17. The van der Waals surface area contributed by atoms with E-state index in [4.69, 9.17) is 17.3 Å². The van der Waals surface area contributed by atoms with Crippen LogP contribution in [0.1, 0.15) is 49.3 Å². The average molecular weight is 322 g/mol. The van der Waals surface area contributed by atoms with Crippen molar-refractivity contribution < 1.29 is 18.3 Å². The van der Waals surface area contributed by atoms with E-state index in [0.717, 1.165) is 38.2 Å². The summed E-state index contributed by atoms with van der Waals surface area (Å²) >= 11 is 5.86. The van der Waals surface area contributed by atoms with Crippen LogP contribution >= 0.6 is 11.6 Å². The van der Waals surface area contributed by atoms with Gasteiger partial charge in [-0.15, -0.1) is 0 Å². The van der Waals surface area contributed by atoms with Crippen molar-refractivity contribution in [3.63, 3.8) is 0 Å². The molecule has 118 valence electrons. The summed E-state index contributed by atoms with van der Waals surface area (Å²) in [5.41, 5.74) is 5.23. The van der Waals surface area contributed by atoms with Crippen LogP contribution in [0.25, 0.3) is 0 Å². The minimum atomic E-state index is -4.53. The topological polar surface area (TPSA) is 46.2 Å². The number of nitrogens with two attached hydrogens (primary N) is 1. The molecule has 21 heavy (non-hydrogen) atoms. The molecule has 2 atom stereocenters. The number of halogens is 4. The molecule has 2 rings (SSSR count). The van der Waals surface area contributed by atoms with Gasteiger partial charge in [-0.05, 0) is 30.4 Å². The highest BCUT2D eigenvalue weighted by molar-refractivity contribution is 6.32. The molecule has 6 heteroatoms. The van der Waals surface area contributed by atoms with Crippen LogP contribution in [0.4, 0.5) is 13.2 Å². The minimum Gasteiger partial charge on any atom is -0.391 e. The molecular formula is C15H19ClF3NO. The van der Waals surface area contributed by atoms with Crippen molar-refractivity contribution in [3.05, 3.63) is 34.3 Å². The van der Waals surface area contributed by atoms with E-state index in [1.54, 1.807) is 0 Å². The number of rotatable bonds is 3. The van der Waals surface area contributed by atoms with Crippen LogP contribution in [0.5, 0.6) is 0 Å². The monoisotopic (exact) mass is 321 g/mol. The average Bonchev–Trinajstić information content (AvgIpc) is 2.45. The summed E-state index contributed by atoms with van der Waals surface area (Å²) in [5.74, 6) is 0.0272. The van der Waals surface area contributed by atoms with E-state index in [0.29, 0.717) is 0 Å². The molecule has 0 saturated heterocycles. The Morgan fingerprint density at radius 1 is 1.19 bits per heavy atom. The zero-order valence-electron chi connectivity index (χ0n) is 11.5. The molecular weight excluding hydrogens is 303 g/mol. The lowest BCUT2D eigenvalue weighted by atomic mass is 9.81. The molecule has 0 spiro atoms. The molecule has 1 aromatic rings. The van der Waals surface area contributed by atoms with Crippen molar-refractivity contribution in [1.82, 2.24) is 0 Å². The van der Waals surface area contributed by atoms with E-state index in [9.17, 15) is 18.3 Å². The van der Waals surface area contributed by atoms with Gasteiger partial charge in [0.05, 0.1) is 22.7 Å². The van der Waals surface area contributed by atoms with Gasteiger partial charge >= 0.3 is 6.18 Å². The second-order valence-electron chi connectivity index (χ2n) is 5.62. The molecule has 1 saturated carbocycles. The third-order valence-electron chi connectivity index (χ3n) is 4.19. The third kappa shape index (κ3) is 3.71. The molecule has 1 aliphatic rings. The summed E-state index contributed by atoms with van der Waals surface area (Å²) in [4.78, 5) is 0. The SMILES string of the molecule is N[C@@H](c1cccc(C(F)(F)F)c1Cl)[C@H](O)C1CCCCC1. The van der Waals surface area contributed by atoms with E-state index < -0.39 is 28.9 Å². The number of aliphatic hydroxyl groups is 1. The van der Waals surface area contributed by atoms with Gasteiger partial charge in [-0.25, -0.2) is 0 Å². The summed E-state index contributed by atoms with van der Waals surface area (Å²) < 4.78 is 38.6. The number of benzene rings is 1. The Hall–Kier alpha value is -0.780. The quantitative estimate of drug-likeness (QED) is 0.872. The highest BCUT2D eigenvalue weighted by atomic mass is 35.5. The first-order chi connectivity index (χ1) is 9.82. The first-order valence-electron chi connectivity index (χ1n) is 7.11. The maximum Gasteiger partial charge on any atom is 0.417 e. The van der Waals surface area contributed by atoms with Gasteiger partial charge in [0, 0.05) is 0 Å². The Labute approximate surface area is 127 Å². The number of alkyl halides is 3. The van der Waals surface area contributed by atoms with Gasteiger partial charge < -0.3 is 10.8 Å². The van der Waals surface area contributed by atoms with Crippen molar-refractivity contribution in [2.24, 2.45) is 11.7 Å². The molecule has 1 aliphatic carbocycles. The van der Waals surface area contributed by atoms with E-state index >= 15 is 0 Å². The summed E-state index contributed by atoms with van der Waals surface area (Å²) in [5, 5.41) is 9.94. The standard InChI is InChI=1S/C15H19ClF3NO/c16-12-10(7-4-8-11(12)15(17,18)19)13(20)14(21)9-5-2-1-3-6-9/h4,7-9,13-14,21H,1-3,5-6,20H2/t13-,14+/m0/s1. The lowest BCUT2D eigenvalue weighted by molar-refractivity contribution is -0.137. The van der Waals surface area contributed by atoms with Gasteiger partial charge in [0.2, 0.25) is 0 Å². The predicted octanol–water partition coefficient (Wildman–Crippen LogP) is 4.30. The normalized spacial score (nSPS) is 20.3. The van der Waals surface area contributed by atoms with Gasteiger partial charge in [0.15, 0.2) is 0 Å². The molecule has 0 bridgehead atoms.